The number of carbonyl (C=O) groups excluding carboxylic acids is 3. The minimum absolute atomic E-state index is 0.0128. The fraction of sp³-hybridized carbons (Fsp3) is 0.500. The highest BCUT2D eigenvalue weighted by Gasteiger charge is 2.21. The molecule has 1 aromatic rings. The minimum atomic E-state index is -0.170. The van der Waals surface area contributed by atoms with E-state index in [1.54, 1.807) is 31.3 Å². The smallest absolute Gasteiger partial charge is 0.251 e. The fourth-order valence-corrected chi connectivity index (χ4v) is 2.87. The number of hydrogen-bond donors (Lipinski definition) is 2. The zero-order chi connectivity index (χ0) is 18.9. The maximum atomic E-state index is 12.2. The van der Waals surface area contributed by atoms with E-state index in [0.29, 0.717) is 62.7 Å². The highest BCUT2D eigenvalue weighted by molar-refractivity contribution is 6.30. The minimum Gasteiger partial charge on any atom is -0.358 e. The lowest BCUT2D eigenvalue weighted by Gasteiger charge is -2.34. The molecule has 0 radical (unpaired) electrons. The fourth-order valence-electron chi connectivity index (χ4n) is 2.74. The second kappa shape index (κ2) is 10.1. The first-order chi connectivity index (χ1) is 12.5. The third-order valence-corrected chi connectivity index (χ3v) is 4.58. The lowest BCUT2D eigenvalue weighted by molar-refractivity contribution is -0.133. The van der Waals surface area contributed by atoms with Gasteiger partial charge in [-0.15, -0.1) is 0 Å². The number of rotatable bonds is 7. The molecular formula is C18H25ClN4O3. The van der Waals surface area contributed by atoms with Gasteiger partial charge in [0.2, 0.25) is 11.8 Å². The number of piperazine rings is 1. The van der Waals surface area contributed by atoms with Crippen molar-refractivity contribution in [2.24, 2.45) is 0 Å². The van der Waals surface area contributed by atoms with E-state index in [1.165, 1.54) is 0 Å². The molecule has 1 aliphatic rings. The first-order valence-corrected chi connectivity index (χ1v) is 9.12. The van der Waals surface area contributed by atoms with Crippen molar-refractivity contribution in [1.29, 1.82) is 0 Å². The van der Waals surface area contributed by atoms with Crippen LogP contribution in [0.4, 0.5) is 0 Å². The van der Waals surface area contributed by atoms with Crippen LogP contribution in [0.3, 0.4) is 0 Å². The van der Waals surface area contributed by atoms with Crippen LogP contribution in [0.15, 0.2) is 24.3 Å². The molecule has 2 N–H and O–H groups in total. The van der Waals surface area contributed by atoms with Gasteiger partial charge in [0.1, 0.15) is 0 Å². The van der Waals surface area contributed by atoms with Gasteiger partial charge in [-0.1, -0.05) is 11.6 Å². The molecule has 0 aliphatic carbocycles. The van der Waals surface area contributed by atoms with Crippen LogP contribution < -0.4 is 10.6 Å². The summed E-state index contributed by atoms with van der Waals surface area (Å²) in [6.07, 6.45) is 0.993. The number of hydrogen-bond acceptors (Lipinski definition) is 4. The summed E-state index contributed by atoms with van der Waals surface area (Å²) in [5.41, 5.74) is 0.549. The molecule has 0 saturated carbocycles. The molecule has 1 heterocycles. The molecule has 1 aromatic carbocycles. The van der Waals surface area contributed by atoms with E-state index in [0.717, 1.165) is 0 Å². The number of halogens is 1. The summed E-state index contributed by atoms with van der Waals surface area (Å²) < 4.78 is 0. The molecule has 0 bridgehead atoms. The summed E-state index contributed by atoms with van der Waals surface area (Å²) in [6, 6.07) is 6.68. The largest absolute Gasteiger partial charge is 0.358 e. The van der Waals surface area contributed by atoms with Crippen molar-refractivity contribution in [3.05, 3.63) is 34.9 Å². The van der Waals surface area contributed by atoms with Gasteiger partial charge < -0.3 is 15.5 Å². The van der Waals surface area contributed by atoms with Gasteiger partial charge in [0, 0.05) is 56.8 Å². The van der Waals surface area contributed by atoms with Crippen molar-refractivity contribution < 1.29 is 14.4 Å². The standard InChI is InChI=1S/C18H25ClN4O3/c1-20-16(24)13-22-9-11-23(12-10-22)17(25)3-2-8-21-18(26)14-4-6-15(19)7-5-14/h4-7H,2-3,8-13H2,1H3,(H,20,24)(H,21,26). The lowest BCUT2D eigenvalue weighted by Crippen LogP contribution is -2.50. The van der Waals surface area contributed by atoms with Crippen molar-refractivity contribution in [2.75, 3.05) is 46.3 Å². The number of benzene rings is 1. The summed E-state index contributed by atoms with van der Waals surface area (Å²) in [5, 5.41) is 5.99. The van der Waals surface area contributed by atoms with E-state index < -0.39 is 0 Å². The number of nitrogens with zero attached hydrogens (tertiary/aromatic N) is 2. The van der Waals surface area contributed by atoms with Gasteiger partial charge in [0.25, 0.3) is 5.91 Å². The predicted molar refractivity (Wildman–Crippen MR) is 100 cm³/mol. The molecule has 26 heavy (non-hydrogen) atoms. The van der Waals surface area contributed by atoms with Gasteiger partial charge >= 0.3 is 0 Å². The first kappa shape index (κ1) is 20.2. The van der Waals surface area contributed by atoms with Crippen LogP contribution in [-0.2, 0) is 9.59 Å². The Hall–Kier alpha value is -2.12. The Morgan fingerprint density at radius 1 is 1.08 bits per heavy atom. The summed E-state index contributed by atoms with van der Waals surface area (Å²) in [5.74, 6) is -0.0940. The van der Waals surface area contributed by atoms with Crippen LogP contribution in [-0.4, -0.2) is 73.8 Å². The third kappa shape index (κ3) is 6.31. The molecule has 0 aromatic heterocycles. The van der Waals surface area contributed by atoms with Gasteiger partial charge in [0.05, 0.1) is 6.54 Å². The molecule has 0 spiro atoms. The number of amides is 3. The van der Waals surface area contributed by atoms with Gasteiger partial charge in [-0.2, -0.15) is 0 Å². The maximum absolute atomic E-state index is 12.2. The van der Waals surface area contributed by atoms with Gasteiger partial charge in [-0.25, -0.2) is 0 Å². The van der Waals surface area contributed by atoms with E-state index in [2.05, 4.69) is 10.6 Å². The monoisotopic (exact) mass is 380 g/mol. The number of likely N-dealkylation sites (N-methyl/N-ethyl adjacent to an activating group) is 1. The van der Waals surface area contributed by atoms with Crippen molar-refractivity contribution in [1.82, 2.24) is 20.4 Å². The van der Waals surface area contributed by atoms with Crippen LogP contribution in [0.5, 0.6) is 0 Å². The summed E-state index contributed by atoms with van der Waals surface area (Å²) >= 11 is 5.80. The topological polar surface area (TPSA) is 81.8 Å². The quantitative estimate of drug-likeness (QED) is 0.684. The first-order valence-electron chi connectivity index (χ1n) is 8.74. The average molecular weight is 381 g/mol. The van der Waals surface area contributed by atoms with E-state index in [1.807, 2.05) is 9.80 Å². The van der Waals surface area contributed by atoms with Crippen LogP contribution in [0, 0.1) is 0 Å². The van der Waals surface area contributed by atoms with Crippen molar-refractivity contribution in [3.63, 3.8) is 0 Å². The van der Waals surface area contributed by atoms with Gasteiger partial charge in [-0.3, -0.25) is 19.3 Å². The van der Waals surface area contributed by atoms with Crippen molar-refractivity contribution in [2.45, 2.75) is 12.8 Å². The molecule has 8 heteroatoms. The van der Waals surface area contributed by atoms with E-state index in [9.17, 15) is 14.4 Å². The van der Waals surface area contributed by atoms with Crippen LogP contribution in [0.2, 0.25) is 5.02 Å². The molecule has 7 nitrogen and oxygen atoms in total. The Bertz CT molecular complexity index is 628. The van der Waals surface area contributed by atoms with Crippen LogP contribution in [0.25, 0.3) is 0 Å². The molecule has 0 unspecified atom stereocenters. The molecule has 1 fully saturated rings. The second-order valence-electron chi connectivity index (χ2n) is 6.20. The highest BCUT2D eigenvalue weighted by Crippen LogP contribution is 2.09. The SMILES string of the molecule is CNC(=O)CN1CCN(C(=O)CCCNC(=O)c2ccc(Cl)cc2)CC1. The average Bonchev–Trinajstić information content (AvgIpc) is 2.66. The Morgan fingerprint density at radius 2 is 1.73 bits per heavy atom. The number of carbonyl (C=O) groups is 3. The molecule has 1 aliphatic heterocycles. The van der Waals surface area contributed by atoms with Gasteiger partial charge in [0.15, 0.2) is 0 Å². The molecule has 0 atom stereocenters. The zero-order valence-corrected chi connectivity index (χ0v) is 15.7. The summed E-state index contributed by atoms with van der Waals surface area (Å²) in [4.78, 5) is 39.4. The molecular weight excluding hydrogens is 356 g/mol. The summed E-state index contributed by atoms with van der Waals surface area (Å²) in [6.45, 7) is 3.48. The Kier molecular flexibility index (Phi) is 7.87. The second-order valence-corrected chi connectivity index (χ2v) is 6.63. The number of nitrogens with one attached hydrogen (secondary N) is 2. The predicted octanol–water partition coefficient (Wildman–Crippen LogP) is 0.740. The molecule has 3 amide bonds. The third-order valence-electron chi connectivity index (χ3n) is 4.33. The van der Waals surface area contributed by atoms with Gasteiger partial charge in [-0.05, 0) is 30.7 Å². The summed E-state index contributed by atoms with van der Waals surface area (Å²) in [7, 11) is 1.62. The Balaban J connectivity index is 1.62. The zero-order valence-electron chi connectivity index (χ0n) is 15.0. The maximum Gasteiger partial charge on any atom is 0.251 e. The van der Waals surface area contributed by atoms with Crippen LogP contribution >= 0.6 is 11.6 Å². The van der Waals surface area contributed by atoms with Crippen LogP contribution in [0.1, 0.15) is 23.2 Å². The highest BCUT2D eigenvalue weighted by atomic mass is 35.5. The normalized spacial score (nSPS) is 14.8. The van der Waals surface area contributed by atoms with Crippen molar-refractivity contribution in [3.8, 4) is 0 Å². The van der Waals surface area contributed by atoms with E-state index in [4.69, 9.17) is 11.6 Å². The molecule has 142 valence electrons. The van der Waals surface area contributed by atoms with E-state index in [-0.39, 0.29) is 17.7 Å². The Labute approximate surface area is 158 Å². The van der Waals surface area contributed by atoms with Crippen molar-refractivity contribution >= 4 is 29.3 Å². The van der Waals surface area contributed by atoms with E-state index >= 15 is 0 Å². The Morgan fingerprint density at radius 3 is 2.35 bits per heavy atom. The lowest BCUT2D eigenvalue weighted by atomic mass is 10.2. The molecule has 1 saturated heterocycles. The molecule has 2 rings (SSSR count).